The molecule has 0 saturated heterocycles. The maximum Gasteiger partial charge on any atom is 0.338 e. The van der Waals surface area contributed by atoms with Crippen LogP contribution < -0.4 is 9.47 Å². The van der Waals surface area contributed by atoms with Gasteiger partial charge in [0.15, 0.2) is 0 Å². The van der Waals surface area contributed by atoms with E-state index < -0.39 is 0 Å². The first-order valence-electron chi connectivity index (χ1n) is 8.23. The van der Waals surface area contributed by atoms with E-state index in [1.165, 1.54) is 0 Å². The topological polar surface area (TPSA) is 62.6 Å². The first kappa shape index (κ1) is 17.5. The minimum atomic E-state index is -0.382. The molecule has 1 heterocycles. The first-order valence-corrected chi connectivity index (χ1v) is 8.23. The molecule has 0 spiro atoms. The van der Waals surface area contributed by atoms with Gasteiger partial charge in [0.05, 0.1) is 19.0 Å². The molecule has 0 saturated carbocycles. The number of esters is 1. The number of hydrogen-bond acceptors (Lipinski definition) is 5. The van der Waals surface area contributed by atoms with Gasteiger partial charge in [-0.05, 0) is 42.0 Å². The fourth-order valence-electron chi connectivity index (χ4n) is 2.39. The molecular formula is C20H20N2O4. The van der Waals surface area contributed by atoms with Crippen LogP contribution in [0, 0.1) is 0 Å². The summed E-state index contributed by atoms with van der Waals surface area (Å²) in [5.74, 6) is 1.05. The number of methoxy groups -OCH3 is 1. The Hall–Kier alpha value is -3.28. The lowest BCUT2D eigenvalue weighted by Gasteiger charge is -2.09. The van der Waals surface area contributed by atoms with Crippen molar-refractivity contribution < 1.29 is 19.0 Å². The molecule has 6 heteroatoms. The summed E-state index contributed by atoms with van der Waals surface area (Å²) < 4.78 is 17.9. The SMILES string of the molecule is COc1ccc(C(=O)OCCOc2ccc(Cn3ccnc3)cc2)cc1. The van der Waals surface area contributed by atoms with Gasteiger partial charge >= 0.3 is 5.97 Å². The molecule has 3 rings (SSSR count). The van der Waals surface area contributed by atoms with E-state index in [1.54, 1.807) is 43.9 Å². The van der Waals surface area contributed by atoms with Gasteiger partial charge in [-0.25, -0.2) is 9.78 Å². The van der Waals surface area contributed by atoms with E-state index in [-0.39, 0.29) is 12.6 Å². The molecule has 0 amide bonds. The molecule has 2 aromatic carbocycles. The highest BCUT2D eigenvalue weighted by Gasteiger charge is 2.07. The second kappa shape index (κ2) is 8.71. The van der Waals surface area contributed by atoms with Crippen LogP contribution in [-0.4, -0.2) is 35.8 Å². The second-order valence-corrected chi connectivity index (χ2v) is 5.59. The van der Waals surface area contributed by atoms with Crippen LogP contribution in [0.15, 0.2) is 67.3 Å². The fraction of sp³-hybridized carbons (Fsp3) is 0.200. The summed E-state index contributed by atoms with van der Waals surface area (Å²) in [6.07, 6.45) is 5.45. The third kappa shape index (κ3) is 4.86. The lowest BCUT2D eigenvalue weighted by atomic mass is 10.2. The van der Waals surface area contributed by atoms with Gasteiger partial charge in [-0.2, -0.15) is 0 Å². The number of rotatable bonds is 8. The molecule has 134 valence electrons. The van der Waals surface area contributed by atoms with Crippen molar-refractivity contribution in [2.24, 2.45) is 0 Å². The quantitative estimate of drug-likeness (QED) is 0.460. The number of carbonyl (C=O) groups excluding carboxylic acids is 1. The van der Waals surface area contributed by atoms with E-state index in [2.05, 4.69) is 4.98 Å². The molecule has 26 heavy (non-hydrogen) atoms. The van der Waals surface area contributed by atoms with Gasteiger partial charge in [-0.1, -0.05) is 12.1 Å². The van der Waals surface area contributed by atoms with Crippen molar-refractivity contribution in [2.45, 2.75) is 6.54 Å². The molecule has 1 aromatic heterocycles. The Morgan fingerprint density at radius 2 is 1.73 bits per heavy atom. The number of ether oxygens (including phenoxy) is 3. The standard InChI is InChI=1S/C20H20N2O4/c1-24-18-8-4-17(5-9-18)20(23)26-13-12-25-19-6-2-16(3-7-19)14-22-11-10-21-15-22/h2-11,15H,12-14H2,1H3. The molecule has 0 bridgehead atoms. The normalized spacial score (nSPS) is 10.3. The third-order valence-electron chi connectivity index (χ3n) is 3.76. The highest BCUT2D eigenvalue weighted by atomic mass is 16.6. The van der Waals surface area contributed by atoms with Crippen LogP contribution in [0.3, 0.4) is 0 Å². The van der Waals surface area contributed by atoms with Crippen LogP contribution in [0.4, 0.5) is 0 Å². The van der Waals surface area contributed by atoms with Gasteiger partial charge in [0.1, 0.15) is 24.7 Å². The summed E-state index contributed by atoms with van der Waals surface area (Å²) in [7, 11) is 1.58. The molecule has 6 nitrogen and oxygen atoms in total. The summed E-state index contributed by atoms with van der Waals surface area (Å²) in [4.78, 5) is 15.9. The van der Waals surface area contributed by atoms with Crippen LogP contribution in [0.1, 0.15) is 15.9 Å². The zero-order valence-corrected chi connectivity index (χ0v) is 14.5. The lowest BCUT2D eigenvalue weighted by Crippen LogP contribution is -2.12. The highest BCUT2D eigenvalue weighted by molar-refractivity contribution is 5.89. The van der Waals surface area contributed by atoms with E-state index in [9.17, 15) is 4.79 Å². The summed E-state index contributed by atoms with van der Waals surface area (Å²) in [5.41, 5.74) is 1.64. The number of aromatic nitrogens is 2. The zero-order valence-electron chi connectivity index (χ0n) is 14.5. The largest absolute Gasteiger partial charge is 0.497 e. The molecule has 0 atom stereocenters. The van der Waals surface area contributed by atoms with E-state index >= 15 is 0 Å². The summed E-state index contributed by atoms with van der Waals surface area (Å²) >= 11 is 0. The number of benzene rings is 2. The highest BCUT2D eigenvalue weighted by Crippen LogP contribution is 2.14. The fourth-order valence-corrected chi connectivity index (χ4v) is 2.39. The Kier molecular flexibility index (Phi) is 5.88. The summed E-state index contributed by atoms with van der Waals surface area (Å²) in [5, 5.41) is 0. The first-order chi connectivity index (χ1) is 12.7. The van der Waals surface area contributed by atoms with Crippen molar-refractivity contribution in [1.82, 2.24) is 9.55 Å². The second-order valence-electron chi connectivity index (χ2n) is 5.59. The predicted octanol–water partition coefficient (Wildman–Crippen LogP) is 3.18. The van der Waals surface area contributed by atoms with Gasteiger partial charge < -0.3 is 18.8 Å². The number of hydrogen-bond donors (Lipinski definition) is 0. The summed E-state index contributed by atoms with van der Waals surface area (Å²) in [6.45, 7) is 1.24. The molecule has 0 aliphatic rings. The maximum atomic E-state index is 11.9. The Balaban J connectivity index is 1.40. The average molecular weight is 352 g/mol. The van der Waals surface area contributed by atoms with Crippen LogP contribution >= 0.6 is 0 Å². The molecule has 0 aliphatic heterocycles. The van der Waals surface area contributed by atoms with Gasteiger partial charge in [0.2, 0.25) is 0 Å². The van der Waals surface area contributed by atoms with Crippen molar-refractivity contribution in [3.8, 4) is 11.5 Å². The minimum Gasteiger partial charge on any atom is -0.497 e. The van der Waals surface area contributed by atoms with Gasteiger partial charge in [-0.3, -0.25) is 0 Å². The van der Waals surface area contributed by atoms with E-state index in [0.29, 0.717) is 17.9 Å². The van der Waals surface area contributed by atoms with Gasteiger partial charge in [0, 0.05) is 18.9 Å². The van der Waals surface area contributed by atoms with Crippen molar-refractivity contribution in [1.29, 1.82) is 0 Å². The third-order valence-corrected chi connectivity index (χ3v) is 3.76. The van der Waals surface area contributed by atoms with Crippen LogP contribution in [0.5, 0.6) is 11.5 Å². The minimum absolute atomic E-state index is 0.182. The van der Waals surface area contributed by atoms with Crippen LogP contribution in [-0.2, 0) is 11.3 Å². The monoisotopic (exact) mass is 352 g/mol. The van der Waals surface area contributed by atoms with Crippen LogP contribution in [0.25, 0.3) is 0 Å². The van der Waals surface area contributed by atoms with Crippen LogP contribution in [0.2, 0.25) is 0 Å². The Bertz CT molecular complexity index is 812. The van der Waals surface area contributed by atoms with Crippen molar-refractivity contribution in [3.05, 3.63) is 78.4 Å². The van der Waals surface area contributed by atoms with Gasteiger partial charge in [0.25, 0.3) is 0 Å². The van der Waals surface area contributed by atoms with E-state index in [4.69, 9.17) is 14.2 Å². The van der Waals surface area contributed by atoms with Crippen molar-refractivity contribution in [2.75, 3.05) is 20.3 Å². The van der Waals surface area contributed by atoms with E-state index in [1.807, 2.05) is 35.0 Å². The maximum absolute atomic E-state index is 11.9. The van der Waals surface area contributed by atoms with E-state index in [0.717, 1.165) is 17.9 Å². The lowest BCUT2D eigenvalue weighted by molar-refractivity contribution is 0.0450. The molecule has 0 fully saturated rings. The number of carbonyl (C=O) groups is 1. The molecule has 0 aliphatic carbocycles. The van der Waals surface area contributed by atoms with Gasteiger partial charge in [-0.15, -0.1) is 0 Å². The molecule has 0 radical (unpaired) electrons. The smallest absolute Gasteiger partial charge is 0.338 e. The molecule has 0 N–H and O–H groups in total. The molecule has 0 unspecified atom stereocenters. The Labute approximate surface area is 152 Å². The predicted molar refractivity (Wildman–Crippen MR) is 96.5 cm³/mol. The number of imidazole rings is 1. The average Bonchev–Trinajstić information content (AvgIpc) is 3.19. The van der Waals surface area contributed by atoms with Crippen molar-refractivity contribution in [3.63, 3.8) is 0 Å². The molecule has 3 aromatic rings. The Morgan fingerprint density at radius 1 is 1.00 bits per heavy atom. The Morgan fingerprint density at radius 3 is 2.38 bits per heavy atom. The zero-order chi connectivity index (χ0) is 18.2. The number of nitrogens with zero attached hydrogens (tertiary/aromatic N) is 2. The van der Waals surface area contributed by atoms with Crippen molar-refractivity contribution >= 4 is 5.97 Å². The molecular weight excluding hydrogens is 332 g/mol. The summed E-state index contributed by atoms with van der Waals surface area (Å²) in [6, 6.07) is 14.6.